The summed E-state index contributed by atoms with van der Waals surface area (Å²) in [7, 11) is 1.44. The van der Waals surface area contributed by atoms with Crippen molar-refractivity contribution in [1.29, 1.82) is 5.41 Å². The molecule has 1 aromatic rings. The van der Waals surface area contributed by atoms with Crippen molar-refractivity contribution in [3.8, 4) is 0 Å². The van der Waals surface area contributed by atoms with Crippen molar-refractivity contribution in [2.24, 2.45) is 11.5 Å². The molecule has 0 saturated carbocycles. The van der Waals surface area contributed by atoms with Gasteiger partial charge in [0.05, 0.1) is 12.0 Å². The zero-order valence-electron chi connectivity index (χ0n) is 10.9. The second kappa shape index (κ2) is 8.48. The summed E-state index contributed by atoms with van der Waals surface area (Å²) >= 11 is 0. The lowest BCUT2D eigenvalue weighted by molar-refractivity contribution is -0.139. The van der Waals surface area contributed by atoms with Crippen LogP contribution >= 0.6 is 0 Å². The Labute approximate surface area is 114 Å². The van der Waals surface area contributed by atoms with Gasteiger partial charge in [-0.1, -0.05) is 0 Å². The highest BCUT2D eigenvalue weighted by molar-refractivity contribution is 5.80. The molecule has 10 nitrogen and oxygen atoms in total. The topological polar surface area (TPSA) is 182 Å². The molecule has 8 N–H and O–H groups in total. The summed E-state index contributed by atoms with van der Waals surface area (Å²) in [5.41, 5.74) is 10.9. The number of aliphatic carboxylic acids is 2. The zero-order valence-corrected chi connectivity index (χ0v) is 10.9. The molecule has 0 fully saturated rings. The average Bonchev–Trinajstić information content (AvgIpc) is 2.81. The number of carboxylic acids is 2. The summed E-state index contributed by atoms with van der Waals surface area (Å²) in [5.74, 6) is -2.24. The minimum Gasteiger partial charge on any atom is -0.480 e. The molecule has 0 aromatic carbocycles. The summed E-state index contributed by atoms with van der Waals surface area (Å²) < 4.78 is 0. The summed E-state index contributed by atoms with van der Waals surface area (Å²) in [6, 6.07) is -0.863. The number of guanidine groups is 1. The molecule has 0 amide bonds. The maximum Gasteiger partial charge on any atom is 0.323 e. The standard InChI is InChI=1S/C6H9N3O2.C4H9N3O2/c7-5(6(10)11)1-4-2-8-3-9-4;1-7(4(5)6)2-3(8)9/h2-3,5H,1,7H2,(H,8,9)(H,10,11);2H2,1H3,(H3,5,6)(H,8,9). The SMILES string of the molecule is CN(CC(=O)O)C(=N)N.NC(Cc1c[nH]cn1)C(=O)O. The first-order chi connectivity index (χ1) is 9.23. The van der Waals surface area contributed by atoms with Crippen molar-refractivity contribution in [1.82, 2.24) is 14.9 Å². The summed E-state index contributed by atoms with van der Waals surface area (Å²) in [5, 5.41) is 23.3. The second-order valence-electron chi connectivity index (χ2n) is 3.84. The number of H-pyrrole nitrogens is 1. The largest absolute Gasteiger partial charge is 0.480 e. The van der Waals surface area contributed by atoms with E-state index in [4.69, 9.17) is 27.1 Å². The number of aromatic amines is 1. The lowest BCUT2D eigenvalue weighted by atomic mass is 10.2. The predicted octanol–water partition coefficient (Wildman–Crippen LogP) is -1.74. The fraction of sp³-hybridized carbons (Fsp3) is 0.400. The Bertz CT molecular complexity index is 447. The highest BCUT2D eigenvalue weighted by Crippen LogP contribution is 1.95. The van der Waals surface area contributed by atoms with Crippen molar-refractivity contribution in [3.05, 3.63) is 18.2 Å². The number of carboxylic acid groups (broad SMARTS) is 2. The number of hydrogen-bond donors (Lipinski definition) is 6. The van der Waals surface area contributed by atoms with Crippen LogP contribution < -0.4 is 11.5 Å². The fourth-order valence-electron chi connectivity index (χ4n) is 1.00. The highest BCUT2D eigenvalue weighted by atomic mass is 16.4. The number of nitrogens with zero attached hydrogens (tertiary/aromatic N) is 2. The van der Waals surface area contributed by atoms with E-state index in [-0.39, 0.29) is 18.9 Å². The van der Waals surface area contributed by atoms with Gasteiger partial charge in [0.25, 0.3) is 0 Å². The van der Waals surface area contributed by atoms with Gasteiger partial charge in [-0.05, 0) is 0 Å². The maximum absolute atomic E-state index is 10.3. The van der Waals surface area contributed by atoms with Gasteiger partial charge in [-0.25, -0.2) is 4.98 Å². The first-order valence-corrected chi connectivity index (χ1v) is 5.47. The third-order valence-corrected chi connectivity index (χ3v) is 2.08. The van der Waals surface area contributed by atoms with E-state index in [1.165, 1.54) is 13.4 Å². The molecule has 1 rings (SSSR count). The molecule has 0 radical (unpaired) electrons. The lowest BCUT2D eigenvalue weighted by Gasteiger charge is -2.12. The first-order valence-electron chi connectivity index (χ1n) is 5.47. The Kier molecular flexibility index (Phi) is 7.37. The highest BCUT2D eigenvalue weighted by Gasteiger charge is 2.12. The Hall–Kier alpha value is -2.62. The molecule has 0 bridgehead atoms. The quantitative estimate of drug-likeness (QED) is 0.272. The first kappa shape index (κ1) is 17.4. The van der Waals surface area contributed by atoms with Crippen molar-refractivity contribution in [2.75, 3.05) is 13.6 Å². The number of nitrogens with two attached hydrogens (primary N) is 2. The molecule has 1 atom stereocenters. The smallest absolute Gasteiger partial charge is 0.323 e. The van der Waals surface area contributed by atoms with Crippen molar-refractivity contribution < 1.29 is 19.8 Å². The zero-order chi connectivity index (χ0) is 15.7. The van der Waals surface area contributed by atoms with Crippen molar-refractivity contribution in [3.63, 3.8) is 0 Å². The second-order valence-corrected chi connectivity index (χ2v) is 3.84. The number of carbonyl (C=O) groups is 2. The molecule has 10 heteroatoms. The summed E-state index contributed by atoms with van der Waals surface area (Å²) in [6.45, 7) is -0.227. The number of likely N-dealkylation sites (N-methyl/N-ethyl adjacent to an activating group) is 1. The van der Waals surface area contributed by atoms with Gasteiger partial charge in [0.2, 0.25) is 0 Å². The predicted molar refractivity (Wildman–Crippen MR) is 70.1 cm³/mol. The van der Waals surface area contributed by atoms with Gasteiger partial charge in [-0.3, -0.25) is 15.0 Å². The molecule has 20 heavy (non-hydrogen) atoms. The van der Waals surface area contributed by atoms with Gasteiger partial charge in [-0.15, -0.1) is 0 Å². The van der Waals surface area contributed by atoms with E-state index in [9.17, 15) is 9.59 Å². The molecule has 1 heterocycles. The van der Waals surface area contributed by atoms with E-state index in [2.05, 4.69) is 9.97 Å². The summed E-state index contributed by atoms with van der Waals surface area (Å²) in [6.07, 6.45) is 3.38. The van der Waals surface area contributed by atoms with Crippen molar-refractivity contribution >= 4 is 17.9 Å². The van der Waals surface area contributed by atoms with Crippen LogP contribution in [-0.2, 0) is 16.0 Å². The minimum absolute atomic E-state index is 0.227. The van der Waals surface area contributed by atoms with Crippen LogP contribution in [0.1, 0.15) is 5.69 Å². The molecule has 0 spiro atoms. The van der Waals surface area contributed by atoms with Gasteiger partial charge < -0.3 is 31.6 Å². The third kappa shape index (κ3) is 7.66. The van der Waals surface area contributed by atoms with Crippen LogP contribution in [0.3, 0.4) is 0 Å². The Morgan fingerprint density at radius 1 is 1.55 bits per heavy atom. The maximum atomic E-state index is 10.3. The van der Waals surface area contributed by atoms with Crippen LogP contribution in [0, 0.1) is 5.41 Å². The van der Waals surface area contributed by atoms with E-state index in [0.29, 0.717) is 5.69 Å². The number of rotatable bonds is 5. The molecule has 0 saturated heterocycles. The molecular weight excluding hydrogens is 268 g/mol. The van der Waals surface area contributed by atoms with E-state index in [1.807, 2.05) is 0 Å². The van der Waals surface area contributed by atoms with Crippen LogP contribution in [0.2, 0.25) is 0 Å². The monoisotopic (exact) mass is 286 g/mol. The van der Waals surface area contributed by atoms with Gasteiger partial charge in [-0.2, -0.15) is 0 Å². The normalized spacial score (nSPS) is 10.9. The van der Waals surface area contributed by atoms with Gasteiger partial charge in [0, 0.05) is 19.7 Å². The fourth-order valence-corrected chi connectivity index (χ4v) is 1.00. The third-order valence-electron chi connectivity index (χ3n) is 2.08. The molecule has 112 valence electrons. The molecule has 1 unspecified atom stereocenters. The number of imidazole rings is 1. The van der Waals surface area contributed by atoms with Crippen LogP contribution in [-0.4, -0.2) is 62.6 Å². The number of aromatic nitrogens is 2. The molecule has 0 aliphatic carbocycles. The van der Waals surface area contributed by atoms with Gasteiger partial charge >= 0.3 is 11.9 Å². The van der Waals surface area contributed by atoms with Gasteiger partial charge in [0.15, 0.2) is 5.96 Å². The Morgan fingerprint density at radius 3 is 2.45 bits per heavy atom. The summed E-state index contributed by atoms with van der Waals surface area (Å²) in [4.78, 5) is 27.9. The van der Waals surface area contributed by atoms with E-state index in [0.717, 1.165) is 4.90 Å². The number of nitrogens with one attached hydrogen (secondary N) is 2. The average molecular weight is 286 g/mol. The lowest BCUT2D eigenvalue weighted by Crippen LogP contribution is -2.36. The molecule has 1 aromatic heterocycles. The van der Waals surface area contributed by atoms with Crippen molar-refractivity contribution in [2.45, 2.75) is 12.5 Å². The van der Waals surface area contributed by atoms with E-state index >= 15 is 0 Å². The van der Waals surface area contributed by atoms with Crippen LogP contribution in [0.15, 0.2) is 12.5 Å². The number of hydrogen-bond acceptors (Lipinski definition) is 5. The molecule has 0 aliphatic heterocycles. The van der Waals surface area contributed by atoms with Crippen LogP contribution in [0.25, 0.3) is 0 Å². The Morgan fingerprint density at radius 2 is 2.15 bits per heavy atom. The van der Waals surface area contributed by atoms with Crippen LogP contribution in [0.4, 0.5) is 0 Å². The van der Waals surface area contributed by atoms with E-state index < -0.39 is 18.0 Å². The van der Waals surface area contributed by atoms with Crippen LogP contribution in [0.5, 0.6) is 0 Å². The molecule has 0 aliphatic rings. The van der Waals surface area contributed by atoms with E-state index in [1.54, 1.807) is 6.20 Å². The minimum atomic E-state index is -1.01. The van der Waals surface area contributed by atoms with Gasteiger partial charge in [0.1, 0.15) is 12.6 Å². The Balaban J connectivity index is 0.000000370. The molecular formula is C10H18N6O4.